The van der Waals surface area contributed by atoms with Gasteiger partial charge in [-0.15, -0.1) is 0 Å². The molecule has 3 aliphatic carbocycles. The third-order valence-electron chi connectivity index (χ3n) is 7.10. The Bertz CT molecular complexity index is 1170. The second-order valence-electron chi connectivity index (χ2n) is 9.12. The smallest absolute Gasteiger partial charge is 0.0726 e. The molecule has 0 saturated carbocycles. The summed E-state index contributed by atoms with van der Waals surface area (Å²) in [5.41, 5.74) is 12.0. The summed E-state index contributed by atoms with van der Waals surface area (Å²) in [5.74, 6) is 0.857. The van der Waals surface area contributed by atoms with E-state index in [0.717, 1.165) is 0 Å². The number of hydrogen-bond acceptors (Lipinski definition) is 0. The van der Waals surface area contributed by atoms with Crippen LogP contribution in [0.5, 0.6) is 0 Å². The Hall–Kier alpha value is -2.38. The van der Waals surface area contributed by atoms with E-state index >= 15 is 0 Å². The number of hydrogen-bond donors (Lipinski definition) is 0. The molecule has 2 aromatic rings. The lowest BCUT2D eigenvalue weighted by Gasteiger charge is -2.21. The quantitative estimate of drug-likeness (QED) is 0.602. The van der Waals surface area contributed by atoms with Gasteiger partial charge in [0.2, 0.25) is 0 Å². The zero-order chi connectivity index (χ0) is 18.5. The van der Waals surface area contributed by atoms with Gasteiger partial charge < -0.3 is 0 Å². The molecule has 0 fully saturated rings. The van der Waals surface area contributed by atoms with Gasteiger partial charge in [0.05, 0.1) is 0 Å². The van der Waals surface area contributed by atoms with Crippen molar-refractivity contribution in [2.24, 2.45) is 0 Å². The topological polar surface area (TPSA) is 0 Å². The highest BCUT2D eigenvalue weighted by Gasteiger charge is 2.50. The molecule has 0 spiro atoms. The van der Waals surface area contributed by atoms with Crippen LogP contribution in [0.15, 0.2) is 65.8 Å². The predicted octanol–water partition coefficient (Wildman–Crippen LogP) is 5.31. The molecular weight excluding hydrogens is 340 g/mol. The molecule has 1 heterocycles. The number of rotatable bonds is 1. The molecule has 0 nitrogen and oxygen atoms in total. The van der Waals surface area contributed by atoms with Gasteiger partial charge in [-0.2, -0.15) is 0 Å². The minimum absolute atomic E-state index is 0.426. The third kappa shape index (κ3) is 1.88. The van der Waals surface area contributed by atoms with Gasteiger partial charge in [0.25, 0.3) is 0 Å². The zero-order valence-corrected chi connectivity index (χ0v) is 17.4. The second-order valence-corrected chi connectivity index (χ2v) is 13.4. The van der Waals surface area contributed by atoms with Gasteiger partial charge in [0.15, 0.2) is 0 Å². The first-order valence-corrected chi connectivity index (χ1v) is 13.0. The highest BCUT2D eigenvalue weighted by atomic mass is 28.3. The zero-order valence-electron chi connectivity index (χ0n) is 16.4. The molecule has 1 heteroatoms. The van der Waals surface area contributed by atoms with Crippen molar-refractivity contribution >= 4 is 30.1 Å². The van der Waals surface area contributed by atoms with Crippen LogP contribution < -0.4 is 10.4 Å². The molecule has 1 aliphatic heterocycles. The summed E-state index contributed by atoms with van der Waals surface area (Å²) in [7, 11) is -1.31. The van der Waals surface area contributed by atoms with Crippen LogP contribution in [0.25, 0.3) is 11.6 Å². The lowest BCUT2D eigenvalue weighted by Crippen LogP contribution is -2.20. The number of allylic oxidation sites excluding steroid dienone is 7. The molecule has 132 valence electrons. The van der Waals surface area contributed by atoms with Crippen LogP contribution in [-0.4, -0.2) is 8.07 Å². The van der Waals surface area contributed by atoms with Crippen LogP contribution in [-0.2, 0) is 0 Å². The van der Waals surface area contributed by atoms with Crippen LogP contribution >= 0.6 is 0 Å². The summed E-state index contributed by atoms with van der Waals surface area (Å²) in [5, 5.41) is 3.41. The fourth-order valence-corrected chi connectivity index (χ4v) is 9.19. The van der Waals surface area contributed by atoms with Crippen molar-refractivity contribution in [3.05, 3.63) is 93.6 Å². The van der Waals surface area contributed by atoms with Gasteiger partial charge >= 0.3 is 0 Å². The normalized spacial score (nSPS) is 25.1. The summed E-state index contributed by atoms with van der Waals surface area (Å²) in [4.78, 5) is 0. The Labute approximate surface area is 162 Å². The lowest BCUT2D eigenvalue weighted by molar-refractivity contribution is 1.03. The molecule has 27 heavy (non-hydrogen) atoms. The Morgan fingerprint density at radius 2 is 1.81 bits per heavy atom. The van der Waals surface area contributed by atoms with Crippen LogP contribution in [0, 0.1) is 6.92 Å². The number of fused-ring (bicyclic) bond motifs is 6. The van der Waals surface area contributed by atoms with Gasteiger partial charge in [-0.05, 0) is 47.2 Å². The SMILES string of the molecule is CC1=Cc2ccc3c(c2C1C1=C2C=CC=CC2c2ccc(C)cc21)[Si]3(C)C. The van der Waals surface area contributed by atoms with E-state index in [0.29, 0.717) is 11.8 Å². The van der Waals surface area contributed by atoms with Crippen molar-refractivity contribution < 1.29 is 0 Å². The van der Waals surface area contributed by atoms with E-state index in [1.54, 1.807) is 21.5 Å². The largest absolute Gasteiger partial charge is 0.112 e. The highest BCUT2D eigenvalue weighted by molar-refractivity contribution is 7.16. The molecule has 0 saturated heterocycles. The number of benzene rings is 2. The Morgan fingerprint density at radius 1 is 0.963 bits per heavy atom. The maximum atomic E-state index is 2.51. The van der Waals surface area contributed by atoms with E-state index in [4.69, 9.17) is 0 Å². The van der Waals surface area contributed by atoms with Gasteiger partial charge in [-0.3, -0.25) is 0 Å². The van der Waals surface area contributed by atoms with Gasteiger partial charge in [0, 0.05) is 11.8 Å². The first-order valence-electron chi connectivity index (χ1n) is 10.0. The Balaban J connectivity index is 1.64. The molecule has 0 aromatic heterocycles. The molecule has 0 bridgehead atoms. The first-order chi connectivity index (χ1) is 13.0. The average Bonchev–Trinajstić information content (AvgIpc) is 2.93. The maximum Gasteiger partial charge on any atom is 0.112 e. The maximum absolute atomic E-state index is 2.51. The van der Waals surface area contributed by atoms with E-state index in [1.165, 1.54) is 33.4 Å². The number of aryl methyl sites for hydroxylation is 1. The molecule has 6 rings (SSSR count). The van der Waals surface area contributed by atoms with Gasteiger partial charge in [0.1, 0.15) is 8.07 Å². The highest BCUT2D eigenvalue weighted by Crippen LogP contribution is 2.55. The van der Waals surface area contributed by atoms with E-state index in [-0.39, 0.29) is 0 Å². The Kier molecular flexibility index (Phi) is 2.84. The molecule has 0 amide bonds. The van der Waals surface area contributed by atoms with Crippen molar-refractivity contribution in [2.45, 2.75) is 38.8 Å². The van der Waals surface area contributed by atoms with Crippen molar-refractivity contribution in [3.8, 4) is 0 Å². The van der Waals surface area contributed by atoms with E-state index < -0.39 is 8.07 Å². The van der Waals surface area contributed by atoms with Crippen molar-refractivity contribution in [2.75, 3.05) is 0 Å². The molecule has 4 aliphatic rings. The van der Waals surface area contributed by atoms with E-state index in [9.17, 15) is 0 Å². The third-order valence-corrected chi connectivity index (χ3v) is 10.4. The van der Waals surface area contributed by atoms with Crippen LogP contribution in [0.2, 0.25) is 13.1 Å². The van der Waals surface area contributed by atoms with Crippen LogP contribution in [0.4, 0.5) is 0 Å². The average molecular weight is 365 g/mol. The molecule has 0 radical (unpaired) electrons. The van der Waals surface area contributed by atoms with Crippen LogP contribution in [0.3, 0.4) is 0 Å². The fraction of sp³-hybridized carbons (Fsp3) is 0.231. The second kappa shape index (κ2) is 4.91. The standard InChI is InChI=1S/C26H24Si/c1-15-9-11-19-18-7-5-6-8-20(18)25(21(19)13-15)23-16(2)14-17-10-12-22-26(24(17)23)27(22,3)4/h5-14,18,23H,1-4H3. The minimum Gasteiger partial charge on any atom is -0.0726 e. The minimum atomic E-state index is -1.31. The predicted molar refractivity (Wildman–Crippen MR) is 119 cm³/mol. The monoisotopic (exact) mass is 364 g/mol. The Morgan fingerprint density at radius 3 is 2.67 bits per heavy atom. The summed E-state index contributed by atoms with van der Waals surface area (Å²) in [6.07, 6.45) is 11.6. The summed E-state index contributed by atoms with van der Waals surface area (Å²) in [6.45, 7) is 9.59. The summed E-state index contributed by atoms with van der Waals surface area (Å²) < 4.78 is 0. The molecule has 2 aromatic carbocycles. The molecular formula is C26H24Si. The van der Waals surface area contributed by atoms with E-state index in [2.05, 4.69) is 87.7 Å². The van der Waals surface area contributed by atoms with Gasteiger partial charge in [-0.25, -0.2) is 0 Å². The molecule has 2 atom stereocenters. The van der Waals surface area contributed by atoms with Crippen molar-refractivity contribution in [3.63, 3.8) is 0 Å². The molecule has 2 unspecified atom stereocenters. The van der Waals surface area contributed by atoms with E-state index in [1.807, 2.05) is 0 Å². The lowest BCUT2D eigenvalue weighted by atomic mass is 9.83. The van der Waals surface area contributed by atoms with Crippen LogP contribution in [0.1, 0.15) is 46.6 Å². The summed E-state index contributed by atoms with van der Waals surface area (Å²) in [6, 6.07) is 11.8. The fourth-order valence-electron chi connectivity index (χ4n) is 5.77. The van der Waals surface area contributed by atoms with Gasteiger partial charge in [-0.1, -0.05) is 95.3 Å². The first kappa shape index (κ1) is 15.7. The summed E-state index contributed by atoms with van der Waals surface area (Å²) >= 11 is 0. The molecule has 0 N–H and O–H groups in total. The van der Waals surface area contributed by atoms with Crippen molar-refractivity contribution in [1.82, 2.24) is 0 Å². The van der Waals surface area contributed by atoms with Crippen molar-refractivity contribution in [1.29, 1.82) is 0 Å².